The van der Waals surface area contributed by atoms with Gasteiger partial charge >= 0.3 is 5.97 Å². The Bertz CT molecular complexity index is 1480. The smallest absolute Gasteiger partial charge is 0.343 e. The maximum absolute atomic E-state index is 13.6. The average molecular weight is 526 g/mol. The summed E-state index contributed by atoms with van der Waals surface area (Å²) in [5, 5.41) is 9.91. The van der Waals surface area contributed by atoms with Crippen LogP contribution in [-0.2, 0) is 4.79 Å². The van der Waals surface area contributed by atoms with E-state index in [1.165, 1.54) is 24.3 Å². The highest BCUT2D eigenvalue weighted by atomic mass is 19.1. The molecule has 1 amide bonds. The lowest BCUT2D eigenvalue weighted by Crippen LogP contribution is -2.55. The number of hydrogen-bond acceptors (Lipinski definition) is 4. The number of esters is 1. The van der Waals surface area contributed by atoms with Crippen LogP contribution in [0.15, 0.2) is 109 Å². The summed E-state index contributed by atoms with van der Waals surface area (Å²) in [6.07, 6.45) is 2.13. The first-order valence-electron chi connectivity index (χ1n) is 12.5. The number of allylic oxidation sites excluding steroid dienone is 1. The first kappa shape index (κ1) is 26.0. The molecule has 196 valence electrons. The van der Waals surface area contributed by atoms with E-state index in [-0.39, 0.29) is 24.4 Å². The first-order chi connectivity index (χ1) is 18.9. The van der Waals surface area contributed by atoms with Gasteiger partial charge in [0.25, 0.3) is 0 Å². The van der Waals surface area contributed by atoms with Gasteiger partial charge in [-0.05, 0) is 83.8 Å². The number of amides is 1. The molecule has 0 spiro atoms. The van der Waals surface area contributed by atoms with Crippen LogP contribution < -0.4 is 9.64 Å². The summed E-state index contributed by atoms with van der Waals surface area (Å²) < 4.78 is 32.4. The van der Waals surface area contributed by atoms with Crippen LogP contribution in [0.5, 0.6) is 5.75 Å². The van der Waals surface area contributed by atoms with Crippen LogP contribution in [0.3, 0.4) is 0 Å². The van der Waals surface area contributed by atoms with Gasteiger partial charge in [0.15, 0.2) is 0 Å². The van der Waals surface area contributed by atoms with Crippen LogP contribution >= 0.6 is 0 Å². The molecule has 39 heavy (non-hydrogen) atoms. The number of anilines is 1. The second-order valence-corrected chi connectivity index (χ2v) is 9.19. The summed E-state index contributed by atoms with van der Waals surface area (Å²) in [6.45, 7) is -0.264. The number of β-lactam (4-membered cyclic amide) rings is 1. The molecule has 1 aliphatic heterocycles. The Morgan fingerprint density at radius 3 is 2.05 bits per heavy atom. The molecule has 0 aliphatic carbocycles. The van der Waals surface area contributed by atoms with Crippen molar-refractivity contribution in [1.29, 1.82) is 0 Å². The molecule has 0 saturated carbocycles. The Kier molecular flexibility index (Phi) is 7.61. The average Bonchev–Trinajstić information content (AvgIpc) is 2.96. The number of benzene rings is 4. The minimum absolute atomic E-state index is 0.140. The fourth-order valence-corrected chi connectivity index (χ4v) is 4.73. The van der Waals surface area contributed by atoms with Gasteiger partial charge in [0.2, 0.25) is 5.91 Å². The monoisotopic (exact) mass is 525 g/mol. The van der Waals surface area contributed by atoms with E-state index in [2.05, 4.69) is 0 Å². The number of aliphatic hydroxyl groups is 1. The highest BCUT2D eigenvalue weighted by Crippen LogP contribution is 2.46. The van der Waals surface area contributed by atoms with Crippen LogP contribution in [0, 0.1) is 17.6 Å². The van der Waals surface area contributed by atoms with Crippen molar-refractivity contribution in [1.82, 2.24) is 0 Å². The number of carbonyl (C=O) groups is 2. The molecule has 1 saturated heterocycles. The van der Waals surface area contributed by atoms with Crippen molar-refractivity contribution in [2.24, 2.45) is 5.92 Å². The first-order valence-corrected chi connectivity index (χ1v) is 12.5. The van der Waals surface area contributed by atoms with Gasteiger partial charge in [-0.3, -0.25) is 4.79 Å². The number of rotatable bonds is 8. The molecule has 0 radical (unpaired) electrons. The minimum atomic E-state index is -0.476. The standard InChI is InChI=1S/C32H25F2NO4/c33-25-11-6-21(7-12-25)24(20-36)10-19-29-30(35(31(29)37)27-15-13-26(34)14-16-27)22-8-17-28(18-9-22)39-32(38)23-4-2-1-3-5-23/h1-18,29-30,36H,19-20H2/b24-10+/t29-,30?/m1/s1. The van der Waals surface area contributed by atoms with Crippen molar-refractivity contribution in [3.8, 4) is 5.75 Å². The Morgan fingerprint density at radius 1 is 0.821 bits per heavy atom. The largest absolute Gasteiger partial charge is 0.423 e. The van der Waals surface area contributed by atoms with Crippen molar-refractivity contribution in [3.63, 3.8) is 0 Å². The SMILES string of the molecule is O=C(Oc1ccc(C2[C@@H](C/C=C(\CO)c3ccc(F)cc3)C(=O)N2c2ccc(F)cc2)cc1)c1ccccc1. The molecule has 7 heteroatoms. The number of aliphatic hydroxyl groups excluding tert-OH is 1. The summed E-state index contributed by atoms with van der Waals surface area (Å²) in [6, 6.07) is 26.7. The summed E-state index contributed by atoms with van der Waals surface area (Å²) in [4.78, 5) is 27.3. The van der Waals surface area contributed by atoms with Crippen LogP contribution in [0.25, 0.3) is 5.57 Å². The molecular formula is C32H25F2NO4. The fraction of sp³-hybridized carbons (Fsp3) is 0.125. The summed E-state index contributed by atoms with van der Waals surface area (Å²) in [7, 11) is 0. The van der Waals surface area contributed by atoms with Crippen LogP contribution in [0.2, 0.25) is 0 Å². The molecule has 1 aliphatic rings. The zero-order chi connectivity index (χ0) is 27.4. The number of halogens is 2. The predicted octanol–water partition coefficient (Wildman–Crippen LogP) is 6.35. The Labute approximate surface area is 224 Å². The van der Waals surface area contributed by atoms with E-state index in [1.54, 1.807) is 83.8 Å². The van der Waals surface area contributed by atoms with E-state index in [4.69, 9.17) is 4.74 Å². The van der Waals surface area contributed by atoms with Gasteiger partial charge in [0.1, 0.15) is 17.4 Å². The lowest BCUT2D eigenvalue weighted by atomic mass is 9.79. The van der Waals surface area contributed by atoms with E-state index in [1.807, 2.05) is 6.07 Å². The van der Waals surface area contributed by atoms with Gasteiger partial charge in [-0.1, -0.05) is 48.5 Å². The molecule has 1 unspecified atom stereocenters. The molecule has 4 aromatic rings. The van der Waals surface area contributed by atoms with Gasteiger partial charge in [0.05, 0.1) is 24.1 Å². The lowest BCUT2D eigenvalue weighted by molar-refractivity contribution is -0.130. The van der Waals surface area contributed by atoms with E-state index >= 15 is 0 Å². The highest BCUT2D eigenvalue weighted by molar-refractivity contribution is 6.03. The molecule has 1 heterocycles. The molecule has 1 fully saturated rings. The maximum atomic E-state index is 13.6. The number of ether oxygens (including phenoxy) is 1. The number of carbonyl (C=O) groups excluding carboxylic acids is 2. The van der Waals surface area contributed by atoms with Gasteiger partial charge in [-0.15, -0.1) is 0 Å². The van der Waals surface area contributed by atoms with Crippen molar-refractivity contribution in [2.45, 2.75) is 12.5 Å². The normalized spacial score (nSPS) is 17.1. The molecular weight excluding hydrogens is 500 g/mol. The second kappa shape index (κ2) is 11.4. The molecule has 0 bridgehead atoms. The number of nitrogens with zero attached hydrogens (tertiary/aromatic N) is 1. The Hall–Kier alpha value is -4.62. The van der Waals surface area contributed by atoms with Gasteiger partial charge in [-0.2, -0.15) is 0 Å². The summed E-state index contributed by atoms with van der Waals surface area (Å²) >= 11 is 0. The van der Waals surface area contributed by atoms with Crippen LogP contribution in [0.1, 0.15) is 33.9 Å². The van der Waals surface area contributed by atoms with E-state index in [9.17, 15) is 23.5 Å². The third-order valence-corrected chi connectivity index (χ3v) is 6.76. The molecule has 0 aromatic heterocycles. The van der Waals surface area contributed by atoms with Crippen molar-refractivity contribution < 1.29 is 28.2 Å². The van der Waals surface area contributed by atoms with Gasteiger partial charge < -0.3 is 14.7 Å². The molecule has 4 aromatic carbocycles. The van der Waals surface area contributed by atoms with Crippen LogP contribution in [0.4, 0.5) is 14.5 Å². The summed E-state index contributed by atoms with van der Waals surface area (Å²) in [5.74, 6) is -1.48. The minimum Gasteiger partial charge on any atom is -0.423 e. The van der Waals surface area contributed by atoms with Crippen LogP contribution in [-0.4, -0.2) is 23.6 Å². The quantitative estimate of drug-likeness (QED) is 0.165. The zero-order valence-electron chi connectivity index (χ0n) is 20.8. The second-order valence-electron chi connectivity index (χ2n) is 9.19. The highest BCUT2D eigenvalue weighted by Gasteiger charge is 2.48. The van der Waals surface area contributed by atoms with E-state index in [0.717, 1.165) is 5.56 Å². The van der Waals surface area contributed by atoms with Gasteiger partial charge in [-0.25, -0.2) is 13.6 Å². The zero-order valence-corrected chi connectivity index (χ0v) is 20.8. The molecule has 1 N–H and O–H groups in total. The van der Waals surface area contributed by atoms with Gasteiger partial charge in [0, 0.05) is 5.69 Å². The third-order valence-electron chi connectivity index (χ3n) is 6.76. The van der Waals surface area contributed by atoms with Crippen molar-refractivity contribution in [2.75, 3.05) is 11.5 Å². The fourth-order valence-electron chi connectivity index (χ4n) is 4.73. The summed E-state index contributed by atoms with van der Waals surface area (Å²) in [5.41, 5.74) is 3.06. The lowest BCUT2D eigenvalue weighted by Gasteiger charge is -2.47. The maximum Gasteiger partial charge on any atom is 0.343 e. The topological polar surface area (TPSA) is 66.8 Å². The molecule has 5 nitrogen and oxygen atoms in total. The van der Waals surface area contributed by atoms with Crippen molar-refractivity contribution >= 4 is 23.1 Å². The van der Waals surface area contributed by atoms with E-state index in [0.29, 0.717) is 34.6 Å². The molecule has 5 rings (SSSR count). The molecule has 2 atom stereocenters. The third kappa shape index (κ3) is 5.63. The van der Waals surface area contributed by atoms with E-state index < -0.39 is 17.7 Å². The van der Waals surface area contributed by atoms with Crippen molar-refractivity contribution in [3.05, 3.63) is 138 Å². The Morgan fingerprint density at radius 2 is 1.44 bits per heavy atom. The Balaban J connectivity index is 1.40. The predicted molar refractivity (Wildman–Crippen MR) is 144 cm³/mol. The number of hydrogen-bond donors (Lipinski definition) is 1.